The Balaban J connectivity index is 2.45. The number of aliphatic hydroxyl groups is 1. The molecule has 0 unspecified atom stereocenters. The summed E-state index contributed by atoms with van der Waals surface area (Å²) in [6.07, 6.45) is 1.23. The summed E-state index contributed by atoms with van der Waals surface area (Å²) in [7, 11) is 0. The Morgan fingerprint density at radius 1 is 1.25 bits per heavy atom. The van der Waals surface area contributed by atoms with Gasteiger partial charge >= 0.3 is 0 Å². The molecule has 5 nitrogen and oxygen atoms in total. The Hall–Kier alpha value is -2.32. The molecule has 4 N–H and O–H groups in total. The van der Waals surface area contributed by atoms with Gasteiger partial charge in [0.25, 0.3) is 5.91 Å². The third-order valence-electron chi connectivity index (χ3n) is 2.50. The van der Waals surface area contributed by atoms with Crippen LogP contribution in [-0.2, 0) is 4.79 Å². The molecule has 2 amide bonds. The number of carbonyl (C=O) groups excluding carboxylic acids is 2. The van der Waals surface area contributed by atoms with E-state index in [9.17, 15) is 9.59 Å². The molecule has 1 rings (SSSR count). The van der Waals surface area contributed by atoms with Crippen LogP contribution in [0.3, 0.4) is 0 Å². The van der Waals surface area contributed by atoms with E-state index in [4.69, 9.17) is 10.8 Å². The van der Waals surface area contributed by atoms with Gasteiger partial charge in [-0.05, 0) is 30.7 Å². The molecule has 106 valence electrons. The number of aliphatic hydroxyl groups excluding tert-OH is 1. The highest BCUT2D eigenvalue weighted by molar-refractivity contribution is 5.94. The topological polar surface area (TPSA) is 92.4 Å². The van der Waals surface area contributed by atoms with Crippen LogP contribution in [0.2, 0.25) is 0 Å². The van der Waals surface area contributed by atoms with Gasteiger partial charge in [-0.2, -0.15) is 0 Å². The van der Waals surface area contributed by atoms with Crippen molar-refractivity contribution in [2.24, 2.45) is 5.73 Å². The SMILES string of the molecule is NC(=O)CCCNC(=O)c1ccc(C#CCCO)cc1. The van der Waals surface area contributed by atoms with Crippen LogP contribution in [0.5, 0.6) is 0 Å². The zero-order valence-electron chi connectivity index (χ0n) is 11.2. The molecule has 0 heterocycles. The summed E-state index contributed by atoms with van der Waals surface area (Å²) in [6, 6.07) is 6.88. The minimum Gasteiger partial charge on any atom is -0.395 e. The summed E-state index contributed by atoms with van der Waals surface area (Å²) in [6.45, 7) is 0.457. The van der Waals surface area contributed by atoms with Crippen molar-refractivity contribution in [1.29, 1.82) is 0 Å². The first kappa shape index (κ1) is 15.7. The van der Waals surface area contributed by atoms with Crippen LogP contribution >= 0.6 is 0 Å². The lowest BCUT2D eigenvalue weighted by Crippen LogP contribution is -2.25. The summed E-state index contributed by atoms with van der Waals surface area (Å²) < 4.78 is 0. The fourth-order valence-electron chi connectivity index (χ4n) is 1.49. The molecule has 20 heavy (non-hydrogen) atoms. The van der Waals surface area contributed by atoms with Crippen LogP contribution in [0, 0.1) is 11.8 Å². The van der Waals surface area contributed by atoms with Crippen LogP contribution in [0.4, 0.5) is 0 Å². The van der Waals surface area contributed by atoms with Gasteiger partial charge in [-0.25, -0.2) is 0 Å². The van der Waals surface area contributed by atoms with Crippen LogP contribution < -0.4 is 11.1 Å². The molecule has 0 bridgehead atoms. The highest BCUT2D eigenvalue weighted by atomic mass is 16.2. The third kappa shape index (κ3) is 6.03. The summed E-state index contributed by atoms with van der Waals surface area (Å²) in [4.78, 5) is 22.3. The number of rotatable bonds is 6. The Morgan fingerprint density at radius 3 is 2.55 bits per heavy atom. The number of nitrogens with two attached hydrogens (primary N) is 1. The number of hydrogen-bond donors (Lipinski definition) is 3. The van der Waals surface area contributed by atoms with E-state index in [1.54, 1.807) is 24.3 Å². The zero-order chi connectivity index (χ0) is 14.8. The normalized spacial score (nSPS) is 9.45. The molecule has 5 heteroatoms. The maximum absolute atomic E-state index is 11.8. The predicted molar refractivity (Wildman–Crippen MR) is 75.8 cm³/mol. The minimum atomic E-state index is -0.370. The second kappa shape index (κ2) is 8.73. The average molecular weight is 274 g/mol. The summed E-state index contributed by atoms with van der Waals surface area (Å²) in [5.41, 5.74) is 6.34. The lowest BCUT2D eigenvalue weighted by Gasteiger charge is -2.04. The van der Waals surface area contributed by atoms with Crippen LogP contribution in [0.25, 0.3) is 0 Å². The molecule has 0 spiro atoms. The number of amides is 2. The third-order valence-corrected chi connectivity index (χ3v) is 2.50. The maximum atomic E-state index is 11.8. The van der Waals surface area contributed by atoms with Gasteiger partial charge in [0.15, 0.2) is 0 Å². The number of benzene rings is 1. The molecular weight excluding hydrogens is 256 g/mol. The van der Waals surface area contributed by atoms with E-state index in [0.717, 1.165) is 5.56 Å². The van der Waals surface area contributed by atoms with Crippen molar-refractivity contribution in [3.8, 4) is 11.8 Å². The van der Waals surface area contributed by atoms with E-state index >= 15 is 0 Å². The minimum absolute atomic E-state index is 0.0405. The Kier molecular flexibility index (Phi) is 6.87. The molecule has 0 atom stereocenters. The quantitative estimate of drug-likeness (QED) is 0.518. The second-order valence-corrected chi connectivity index (χ2v) is 4.18. The largest absolute Gasteiger partial charge is 0.395 e. The number of nitrogens with one attached hydrogen (secondary N) is 1. The fourth-order valence-corrected chi connectivity index (χ4v) is 1.49. The zero-order valence-corrected chi connectivity index (χ0v) is 11.2. The van der Waals surface area contributed by atoms with E-state index in [1.807, 2.05) is 0 Å². The van der Waals surface area contributed by atoms with Crippen molar-refractivity contribution in [3.05, 3.63) is 35.4 Å². The Labute approximate surface area is 118 Å². The molecule has 0 saturated heterocycles. The second-order valence-electron chi connectivity index (χ2n) is 4.18. The maximum Gasteiger partial charge on any atom is 0.251 e. The average Bonchev–Trinajstić information content (AvgIpc) is 2.44. The van der Waals surface area contributed by atoms with Gasteiger partial charge in [0.1, 0.15) is 0 Å². The predicted octanol–water partition coefficient (Wildman–Crippen LogP) is 0.416. The fraction of sp³-hybridized carbons (Fsp3) is 0.333. The van der Waals surface area contributed by atoms with Gasteiger partial charge in [-0.15, -0.1) is 0 Å². The number of hydrogen-bond acceptors (Lipinski definition) is 3. The Morgan fingerprint density at radius 2 is 1.95 bits per heavy atom. The highest BCUT2D eigenvalue weighted by Gasteiger charge is 2.04. The van der Waals surface area contributed by atoms with Crippen molar-refractivity contribution in [1.82, 2.24) is 5.32 Å². The van der Waals surface area contributed by atoms with Crippen molar-refractivity contribution < 1.29 is 14.7 Å². The first-order chi connectivity index (χ1) is 9.63. The highest BCUT2D eigenvalue weighted by Crippen LogP contribution is 2.03. The first-order valence-electron chi connectivity index (χ1n) is 6.40. The van der Waals surface area contributed by atoms with Crippen molar-refractivity contribution >= 4 is 11.8 Å². The standard InChI is InChI=1S/C15H18N2O3/c16-14(19)5-3-10-17-15(20)13-8-6-12(7-9-13)4-1-2-11-18/h6-9,18H,2-3,5,10-11H2,(H2,16,19)(H,17,20). The molecule has 1 aromatic carbocycles. The molecule has 0 aliphatic carbocycles. The smallest absolute Gasteiger partial charge is 0.251 e. The molecule has 0 radical (unpaired) electrons. The van der Waals surface area contributed by atoms with Crippen molar-refractivity contribution in [3.63, 3.8) is 0 Å². The van der Waals surface area contributed by atoms with Crippen LogP contribution in [-0.4, -0.2) is 30.1 Å². The number of primary amides is 1. The molecule has 0 aromatic heterocycles. The first-order valence-corrected chi connectivity index (χ1v) is 6.40. The molecule has 0 aliphatic rings. The molecule has 0 saturated carbocycles. The van der Waals surface area contributed by atoms with Gasteiger partial charge < -0.3 is 16.2 Å². The monoisotopic (exact) mass is 274 g/mol. The van der Waals surface area contributed by atoms with Crippen molar-refractivity contribution in [2.75, 3.05) is 13.2 Å². The number of carbonyl (C=O) groups is 2. The van der Waals surface area contributed by atoms with Gasteiger partial charge in [0, 0.05) is 30.5 Å². The molecule has 1 aromatic rings. The van der Waals surface area contributed by atoms with Crippen molar-refractivity contribution in [2.45, 2.75) is 19.3 Å². The van der Waals surface area contributed by atoms with E-state index in [2.05, 4.69) is 17.2 Å². The van der Waals surface area contributed by atoms with Crippen LogP contribution in [0.15, 0.2) is 24.3 Å². The molecule has 0 aliphatic heterocycles. The summed E-state index contributed by atoms with van der Waals surface area (Å²) in [5.74, 6) is 5.13. The van der Waals surface area contributed by atoms with Gasteiger partial charge in [-0.1, -0.05) is 11.8 Å². The van der Waals surface area contributed by atoms with Gasteiger partial charge in [-0.3, -0.25) is 9.59 Å². The molecule has 0 fully saturated rings. The summed E-state index contributed by atoms with van der Waals surface area (Å²) in [5, 5.41) is 11.3. The lowest BCUT2D eigenvalue weighted by molar-refractivity contribution is -0.118. The van der Waals surface area contributed by atoms with E-state index < -0.39 is 0 Å². The summed E-state index contributed by atoms with van der Waals surface area (Å²) >= 11 is 0. The van der Waals surface area contributed by atoms with E-state index in [1.165, 1.54) is 0 Å². The van der Waals surface area contributed by atoms with Gasteiger partial charge in [0.05, 0.1) is 6.61 Å². The van der Waals surface area contributed by atoms with Crippen LogP contribution in [0.1, 0.15) is 35.2 Å². The van der Waals surface area contributed by atoms with Gasteiger partial charge in [0.2, 0.25) is 5.91 Å². The van der Waals surface area contributed by atoms with E-state index in [-0.39, 0.29) is 24.8 Å². The molecular formula is C15H18N2O3. The van der Waals surface area contributed by atoms with E-state index in [0.29, 0.717) is 24.9 Å². The lowest BCUT2D eigenvalue weighted by atomic mass is 10.1. The Bertz CT molecular complexity index is 512.